The fraction of sp³-hybridized carbons (Fsp3) is 0.444. The highest BCUT2D eigenvalue weighted by Gasteiger charge is 2.17. The summed E-state index contributed by atoms with van der Waals surface area (Å²) in [5, 5.41) is 1.48. The summed E-state index contributed by atoms with van der Waals surface area (Å²) in [5.74, 6) is 2.05. The second-order valence-electron chi connectivity index (χ2n) is 8.92. The van der Waals surface area contributed by atoms with Crippen LogP contribution >= 0.6 is 0 Å². The molecule has 3 aromatic rings. The van der Waals surface area contributed by atoms with Gasteiger partial charge in [-0.05, 0) is 80.6 Å². The first-order chi connectivity index (χ1) is 16.7. The van der Waals surface area contributed by atoms with Crippen LogP contribution in [0.4, 0.5) is 0 Å². The molecular weight excluding hydrogens is 432 g/mol. The van der Waals surface area contributed by atoms with Crippen molar-refractivity contribution in [1.82, 2.24) is 9.47 Å². The van der Waals surface area contributed by atoms with Gasteiger partial charge < -0.3 is 18.9 Å². The molecule has 0 spiro atoms. The number of fused-ring (bicyclic) bond motifs is 1. The van der Waals surface area contributed by atoms with Gasteiger partial charge in [-0.25, -0.2) is 0 Å². The highest BCUT2D eigenvalue weighted by Crippen LogP contribution is 2.30. The number of nitrogens with zero attached hydrogens (tertiary/aromatic N) is 2. The summed E-state index contributed by atoms with van der Waals surface area (Å²) in [4.78, 5) is 15.6. The van der Waals surface area contributed by atoms with E-state index in [4.69, 9.17) is 18.9 Å². The molecular formula is C27H32N2O5. The second kappa shape index (κ2) is 10.5. The molecule has 3 heterocycles. The van der Waals surface area contributed by atoms with Crippen LogP contribution in [-0.2, 0) is 4.74 Å². The molecule has 0 saturated carbocycles. The van der Waals surface area contributed by atoms with Crippen LogP contribution in [0.25, 0.3) is 16.5 Å². The van der Waals surface area contributed by atoms with Gasteiger partial charge in [-0.2, -0.15) is 0 Å². The zero-order valence-electron chi connectivity index (χ0n) is 19.7. The molecule has 0 amide bonds. The van der Waals surface area contributed by atoms with Crippen LogP contribution in [0.3, 0.4) is 0 Å². The van der Waals surface area contributed by atoms with Gasteiger partial charge in [0.25, 0.3) is 5.56 Å². The van der Waals surface area contributed by atoms with Crippen LogP contribution in [-0.4, -0.2) is 62.1 Å². The lowest BCUT2D eigenvalue weighted by atomic mass is 10.1. The largest absolute Gasteiger partial charge is 0.493 e. The number of pyridine rings is 1. The van der Waals surface area contributed by atoms with E-state index in [2.05, 4.69) is 4.90 Å². The van der Waals surface area contributed by atoms with Gasteiger partial charge >= 0.3 is 0 Å². The van der Waals surface area contributed by atoms with E-state index in [1.807, 2.05) is 42.5 Å². The van der Waals surface area contributed by atoms with Gasteiger partial charge in [-0.1, -0.05) is 0 Å². The van der Waals surface area contributed by atoms with E-state index in [1.165, 1.54) is 12.8 Å². The van der Waals surface area contributed by atoms with Crippen LogP contribution in [0.15, 0.2) is 53.5 Å². The van der Waals surface area contributed by atoms with Crippen molar-refractivity contribution in [2.24, 2.45) is 0 Å². The lowest BCUT2D eigenvalue weighted by Gasteiger charge is -2.17. The van der Waals surface area contributed by atoms with E-state index < -0.39 is 0 Å². The lowest BCUT2D eigenvalue weighted by molar-refractivity contribution is 0.0680. The highest BCUT2D eigenvalue weighted by molar-refractivity contribution is 5.83. The predicted octanol–water partition coefficient (Wildman–Crippen LogP) is 4.03. The van der Waals surface area contributed by atoms with Crippen molar-refractivity contribution in [1.29, 1.82) is 0 Å². The Labute approximate surface area is 199 Å². The number of ether oxygens (including phenoxy) is 4. The Bertz CT molecular complexity index is 1180. The van der Waals surface area contributed by atoms with Gasteiger partial charge in [0.1, 0.15) is 19.0 Å². The zero-order chi connectivity index (χ0) is 23.3. The minimum absolute atomic E-state index is 0.0899. The number of methoxy groups -OCH3 is 1. The fourth-order valence-corrected chi connectivity index (χ4v) is 4.70. The number of aromatic nitrogens is 1. The molecule has 0 radical (unpaired) electrons. The average Bonchev–Trinajstić information content (AvgIpc) is 3.58. The molecule has 0 aliphatic carbocycles. The molecule has 2 saturated heterocycles. The van der Waals surface area contributed by atoms with Gasteiger partial charge in [-0.15, -0.1) is 0 Å². The Balaban J connectivity index is 1.31. The third-order valence-corrected chi connectivity index (χ3v) is 6.62. The molecule has 1 atom stereocenters. The van der Waals surface area contributed by atoms with Crippen molar-refractivity contribution in [2.45, 2.75) is 31.8 Å². The van der Waals surface area contributed by atoms with Crippen molar-refractivity contribution in [3.63, 3.8) is 0 Å². The average molecular weight is 465 g/mol. The summed E-state index contributed by atoms with van der Waals surface area (Å²) in [6.45, 7) is 5.16. The van der Waals surface area contributed by atoms with Gasteiger partial charge in [0.15, 0.2) is 11.5 Å². The van der Waals surface area contributed by atoms with Crippen LogP contribution in [0, 0.1) is 0 Å². The SMILES string of the molecule is COc1cc(-n2ccc3cc(OC[C@@H]4CCCO4)ccc3c2=O)ccc1OCCN1CCCC1. The minimum atomic E-state index is -0.0899. The summed E-state index contributed by atoms with van der Waals surface area (Å²) in [7, 11) is 1.62. The molecule has 180 valence electrons. The summed E-state index contributed by atoms with van der Waals surface area (Å²) in [6.07, 6.45) is 6.60. The summed E-state index contributed by atoms with van der Waals surface area (Å²) >= 11 is 0. The van der Waals surface area contributed by atoms with Crippen molar-refractivity contribution in [3.05, 3.63) is 59.0 Å². The van der Waals surface area contributed by atoms with E-state index in [0.717, 1.165) is 55.9 Å². The number of hydrogen-bond acceptors (Lipinski definition) is 6. The Hall–Kier alpha value is -3.03. The number of rotatable bonds is 9. The standard InChI is InChI=1S/C27H32N2O5/c1-31-26-18-21(6-9-25(26)33-16-14-28-11-2-3-12-28)29-13-10-20-17-22(7-8-24(20)27(29)30)34-19-23-5-4-15-32-23/h6-10,13,17-18,23H,2-5,11-12,14-16,19H2,1H3/t23-/m0/s1. The van der Waals surface area contributed by atoms with Crippen LogP contribution in [0.5, 0.6) is 17.2 Å². The Morgan fingerprint density at radius 3 is 2.68 bits per heavy atom. The van der Waals surface area contributed by atoms with E-state index in [1.54, 1.807) is 17.9 Å². The third kappa shape index (κ3) is 5.05. The maximum atomic E-state index is 13.2. The molecule has 1 aromatic heterocycles. The maximum absolute atomic E-state index is 13.2. The Kier molecular flexibility index (Phi) is 7.02. The van der Waals surface area contributed by atoms with Gasteiger partial charge in [0.2, 0.25) is 0 Å². The third-order valence-electron chi connectivity index (χ3n) is 6.62. The van der Waals surface area contributed by atoms with E-state index in [-0.39, 0.29) is 11.7 Å². The second-order valence-corrected chi connectivity index (χ2v) is 8.92. The molecule has 7 heteroatoms. The molecule has 7 nitrogen and oxygen atoms in total. The van der Waals surface area contributed by atoms with Gasteiger partial charge in [-0.3, -0.25) is 14.3 Å². The van der Waals surface area contributed by atoms with Crippen molar-refractivity contribution >= 4 is 10.8 Å². The van der Waals surface area contributed by atoms with Crippen molar-refractivity contribution in [3.8, 4) is 22.9 Å². The molecule has 0 unspecified atom stereocenters. The number of hydrogen-bond donors (Lipinski definition) is 0. The quantitative estimate of drug-likeness (QED) is 0.477. The van der Waals surface area contributed by atoms with Gasteiger partial charge in [0.05, 0.1) is 18.9 Å². The normalized spacial score (nSPS) is 18.4. The van der Waals surface area contributed by atoms with Crippen molar-refractivity contribution < 1.29 is 18.9 Å². The predicted molar refractivity (Wildman–Crippen MR) is 132 cm³/mol. The Morgan fingerprint density at radius 1 is 1.00 bits per heavy atom. The molecule has 5 rings (SSSR count). The molecule has 2 fully saturated rings. The summed E-state index contributed by atoms with van der Waals surface area (Å²) in [5.41, 5.74) is 0.641. The highest BCUT2D eigenvalue weighted by atomic mass is 16.5. The van der Waals surface area contributed by atoms with E-state index in [9.17, 15) is 4.79 Å². The fourth-order valence-electron chi connectivity index (χ4n) is 4.70. The van der Waals surface area contributed by atoms with E-state index >= 15 is 0 Å². The summed E-state index contributed by atoms with van der Waals surface area (Å²) in [6, 6.07) is 13.1. The monoisotopic (exact) mass is 464 g/mol. The number of likely N-dealkylation sites (tertiary alicyclic amines) is 1. The Morgan fingerprint density at radius 2 is 1.88 bits per heavy atom. The first-order valence-corrected chi connectivity index (χ1v) is 12.1. The minimum Gasteiger partial charge on any atom is -0.493 e. The zero-order valence-corrected chi connectivity index (χ0v) is 19.7. The topological polar surface area (TPSA) is 62.2 Å². The molecule has 0 N–H and O–H groups in total. The summed E-state index contributed by atoms with van der Waals surface area (Å²) < 4.78 is 24.7. The van der Waals surface area contributed by atoms with Crippen LogP contribution < -0.4 is 19.8 Å². The molecule has 2 aliphatic rings. The van der Waals surface area contributed by atoms with Crippen LogP contribution in [0.1, 0.15) is 25.7 Å². The lowest BCUT2D eigenvalue weighted by Crippen LogP contribution is -2.25. The first kappa shape index (κ1) is 22.7. The van der Waals surface area contributed by atoms with Gasteiger partial charge in [0, 0.05) is 30.8 Å². The molecule has 2 aromatic carbocycles. The molecule has 0 bridgehead atoms. The van der Waals surface area contributed by atoms with E-state index in [0.29, 0.717) is 30.1 Å². The number of benzene rings is 2. The maximum Gasteiger partial charge on any atom is 0.262 e. The molecule has 34 heavy (non-hydrogen) atoms. The van der Waals surface area contributed by atoms with Crippen molar-refractivity contribution in [2.75, 3.05) is 46.6 Å². The van der Waals surface area contributed by atoms with Crippen LogP contribution in [0.2, 0.25) is 0 Å². The first-order valence-electron chi connectivity index (χ1n) is 12.1. The molecule has 2 aliphatic heterocycles. The smallest absolute Gasteiger partial charge is 0.262 e.